The number of aryl methyl sites for hydroxylation is 2. The Hall–Kier alpha value is -3.39. The van der Waals surface area contributed by atoms with Crippen LogP contribution in [0.1, 0.15) is 27.8 Å². The molecule has 206 valence electrons. The first-order chi connectivity index (χ1) is 19.0. The number of amides is 1. The highest BCUT2D eigenvalue weighted by Crippen LogP contribution is 2.29. The minimum Gasteiger partial charge on any atom is -0.491 e. The number of nitrogens with zero attached hydrogens (tertiary/aromatic N) is 2. The van der Waals surface area contributed by atoms with Crippen LogP contribution in [0.25, 0.3) is 0 Å². The van der Waals surface area contributed by atoms with E-state index in [1.807, 2.05) is 26.0 Å². The second kappa shape index (κ2) is 13.1. The summed E-state index contributed by atoms with van der Waals surface area (Å²) in [5.74, 6) is 0.886. The van der Waals surface area contributed by atoms with E-state index in [9.17, 15) is 4.79 Å². The van der Waals surface area contributed by atoms with E-state index in [1.165, 1.54) is 16.8 Å². The number of nitrogens with one attached hydrogen (secondary N) is 1. The lowest BCUT2D eigenvalue weighted by molar-refractivity contribution is -0.117. The Kier molecular flexibility index (Phi) is 9.14. The van der Waals surface area contributed by atoms with Crippen LogP contribution >= 0.6 is 0 Å². The highest BCUT2D eigenvalue weighted by Gasteiger charge is 2.17. The number of carbonyl (C=O) groups excluding carboxylic acids is 1. The molecule has 0 saturated carbocycles. The van der Waals surface area contributed by atoms with Crippen LogP contribution < -0.4 is 15.0 Å². The molecule has 1 N–H and O–H groups in total. The Morgan fingerprint density at radius 3 is 2.51 bits per heavy atom. The number of rotatable bonds is 4. The lowest BCUT2D eigenvalue weighted by Gasteiger charge is -2.29. The lowest BCUT2D eigenvalue weighted by atomic mass is 10.0. The maximum absolute atomic E-state index is 13.0. The first kappa shape index (κ1) is 27.2. The Bertz CT molecular complexity index is 1270. The molecular weight excluding hydrogens is 490 g/mol. The van der Waals surface area contributed by atoms with Gasteiger partial charge in [-0.15, -0.1) is 0 Å². The maximum atomic E-state index is 13.0. The van der Waals surface area contributed by atoms with E-state index < -0.39 is 0 Å². The van der Waals surface area contributed by atoms with Gasteiger partial charge in [-0.05, 0) is 60.4 Å². The first-order valence-electron chi connectivity index (χ1n) is 13.9. The first-order valence-corrected chi connectivity index (χ1v) is 13.9. The van der Waals surface area contributed by atoms with Crippen molar-refractivity contribution in [3.8, 4) is 5.75 Å². The summed E-state index contributed by atoms with van der Waals surface area (Å²) in [4.78, 5) is 17.5. The van der Waals surface area contributed by atoms with Gasteiger partial charge < -0.3 is 24.4 Å². The van der Waals surface area contributed by atoms with Crippen LogP contribution in [0.5, 0.6) is 5.75 Å². The van der Waals surface area contributed by atoms with Gasteiger partial charge in [-0.25, -0.2) is 0 Å². The third kappa shape index (κ3) is 7.60. The Labute approximate surface area is 231 Å². The zero-order valence-electron chi connectivity index (χ0n) is 23.1. The Balaban J connectivity index is 1.33. The van der Waals surface area contributed by atoms with E-state index in [1.54, 1.807) is 0 Å². The molecular formula is C32H39N3O4. The van der Waals surface area contributed by atoms with E-state index in [0.29, 0.717) is 39.5 Å². The van der Waals surface area contributed by atoms with Crippen molar-refractivity contribution in [3.05, 3.63) is 88.5 Å². The van der Waals surface area contributed by atoms with Crippen molar-refractivity contribution in [3.63, 3.8) is 0 Å². The van der Waals surface area contributed by atoms with Crippen molar-refractivity contribution in [2.24, 2.45) is 0 Å². The molecule has 3 aromatic carbocycles. The van der Waals surface area contributed by atoms with Gasteiger partial charge in [-0.2, -0.15) is 0 Å². The predicted molar refractivity (Wildman–Crippen MR) is 155 cm³/mol. The molecule has 0 aliphatic carbocycles. The molecule has 1 fully saturated rings. The van der Waals surface area contributed by atoms with E-state index in [0.717, 1.165) is 60.9 Å². The molecule has 0 spiro atoms. The summed E-state index contributed by atoms with van der Waals surface area (Å²) in [6, 6.07) is 21.3. The fourth-order valence-electron chi connectivity index (χ4n) is 5.16. The monoisotopic (exact) mass is 529 g/mol. The molecule has 0 unspecified atom stereocenters. The number of morpholine rings is 1. The summed E-state index contributed by atoms with van der Waals surface area (Å²) in [6.45, 7) is 10.5. The molecule has 7 heteroatoms. The smallest absolute Gasteiger partial charge is 0.238 e. The van der Waals surface area contributed by atoms with Crippen LogP contribution in [-0.4, -0.2) is 70.0 Å². The van der Waals surface area contributed by atoms with Crippen LogP contribution in [0.15, 0.2) is 60.7 Å². The van der Waals surface area contributed by atoms with Crippen molar-refractivity contribution in [2.45, 2.75) is 26.8 Å². The highest BCUT2D eigenvalue weighted by atomic mass is 16.5. The summed E-state index contributed by atoms with van der Waals surface area (Å²) >= 11 is 0. The van der Waals surface area contributed by atoms with E-state index >= 15 is 0 Å². The van der Waals surface area contributed by atoms with Gasteiger partial charge in [-0.3, -0.25) is 9.69 Å². The number of ether oxygens (including phenoxy) is 3. The van der Waals surface area contributed by atoms with Crippen molar-refractivity contribution in [1.29, 1.82) is 0 Å². The quantitative estimate of drug-likeness (QED) is 0.534. The molecule has 1 amide bonds. The minimum absolute atomic E-state index is 0.0196. The fraction of sp³-hybridized carbons (Fsp3) is 0.406. The fourth-order valence-corrected chi connectivity index (χ4v) is 5.16. The van der Waals surface area contributed by atoms with Gasteiger partial charge in [-0.1, -0.05) is 36.4 Å². The average molecular weight is 530 g/mol. The van der Waals surface area contributed by atoms with Crippen molar-refractivity contribution in [1.82, 2.24) is 4.90 Å². The summed E-state index contributed by atoms with van der Waals surface area (Å²) < 4.78 is 17.6. The van der Waals surface area contributed by atoms with Crippen LogP contribution in [-0.2, 0) is 27.2 Å². The molecule has 3 aromatic rings. The molecule has 2 heterocycles. The predicted octanol–water partition coefficient (Wildman–Crippen LogP) is 4.58. The van der Waals surface area contributed by atoms with Gasteiger partial charge in [0.05, 0.1) is 33.0 Å². The normalized spacial score (nSPS) is 17.0. The number of anilines is 2. The van der Waals surface area contributed by atoms with E-state index in [4.69, 9.17) is 14.2 Å². The maximum Gasteiger partial charge on any atom is 0.238 e. The van der Waals surface area contributed by atoms with Gasteiger partial charge in [0.2, 0.25) is 5.91 Å². The minimum atomic E-state index is -0.0196. The summed E-state index contributed by atoms with van der Waals surface area (Å²) in [6.07, 6.45) is 0.773. The van der Waals surface area contributed by atoms with Gasteiger partial charge in [0.25, 0.3) is 0 Å². The molecule has 5 rings (SSSR count). The number of benzene rings is 3. The third-order valence-corrected chi connectivity index (χ3v) is 7.28. The summed E-state index contributed by atoms with van der Waals surface area (Å²) in [5, 5.41) is 3.10. The topological polar surface area (TPSA) is 63.3 Å². The van der Waals surface area contributed by atoms with E-state index in [-0.39, 0.29) is 5.91 Å². The summed E-state index contributed by atoms with van der Waals surface area (Å²) in [7, 11) is 0. The van der Waals surface area contributed by atoms with Gasteiger partial charge in [0.1, 0.15) is 12.4 Å². The van der Waals surface area contributed by atoms with Crippen LogP contribution in [0.4, 0.5) is 11.4 Å². The SMILES string of the molecule is Cc1ccc(C)c(NC(=O)CN2CCOCCOc3ccc(N4CCOCC4)cc3Cc3cccc(c3)C2)c1. The molecule has 1 saturated heterocycles. The molecule has 7 nitrogen and oxygen atoms in total. The number of hydrogen-bond donors (Lipinski definition) is 1. The Morgan fingerprint density at radius 1 is 0.846 bits per heavy atom. The lowest BCUT2D eigenvalue weighted by Crippen LogP contribution is -2.36. The van der Waals surface area contributed by atoms with Crippen molar-refractivity contribution in [2.75, 3.05) is 69.4 Å². The number of carbonyl (C=O) groups is 1. The molecule has 2 bridgehead atoms. The Morgan fingerprint density at radius 2 is 1.64 bits per heavy atom. The van der Waals surface area contributed by atoms with Gasteiger partial charge in [0.15, 0.2) is 0 Å². The third-order valence-electron chi connectivity index (χ3n) is 7.28. The number of hydrogen-bond acceptors (Lipinski definition) is 6. The largest absolute Gasteiger partial charge is 0.491 e. The van der Waals surface area contributed by atoms with Crippen molar-refractivity contribution < 1.29 is 19.0 Å². The number of fused-ring (bicyclic) bond motifs is 3. The second-order valence-corrected chi connectivity index (χ2v) is 10.4. The average Bonchev–Trinajstić information content (AvgIpc) is 2.93. The van der Waals surface area contributed by atoms with Crippen LogP contribution in [0.2, 0.25) is 0 Å². The van der Waals surface area contributed by atoms with E-state index in [2.05, 4.69) is 63.6 Å². The zero-order chi connectivity index (χ0) is 27.0. The van der Waals surface area contributed by atoms with Crippen LogP contribution in [0, 0.1) is 13.8 Å². The van der Waals surface area contributed by atoms with Gasteiger partial charge in [0, 0.05) is 49.5 Å². The van der Waals surface area contributed by atoms with Crippen molar-refractivity contribution >= 4 is 17.3 Å². The second-order valence-electron chi connectivity index (χ2n) is 10.4. The molecule has 2 aliphatic rings. The molecule has 0 atom stereocenters. The highest BCUT2D eigenvalue weighted by molar-refractivity contribution is 5.93. The standard InChI is InChI=1S/C32H39N3O4/c1-24-6-7-25(2)30(18-24)33-32(36)23-34-10-13-38-16-17-39-31-9-8-29(35-11-14-37-15-12-35)21-28(31)20-26-4-3-5-27(19-26)22-34/h3-9,18-19,21H,10-17,20,22-23H2,1-2H3,(H,33,36). The molecule has 39 heavy (non-hydrogen) atoms. The molecule has 0 radical (unpaired) electrons. The zero-order valence-corrected chi connectivity index (χ0v) is 23.1. The molecule has 0 aromatic heterocycles. The van der Waals surface area contributed by atoms with Gasteiger partial charge >= 0.3 is 0 Å². The summed E-state index contributed by atoms with van der Waals surface area (Å²) in [5.41, 5.74) is 7.82. The molecule has 2 aliphatic heterocycles. The van der Waals surface area contributed by atoms with Crippen LogP contribution in [0.3, 0.4) is 0 Å².